The zero-order valence-electron chi connectivity index (χ0n) is 17.6. The molecule has 0 spiro atoms. The predicted octanol–water partition coefficient (Wildman–Crippen LogP) is 3.87. The van der Waals surface area contributed by atoms with Crippen LogP contribution >= 0.6 is 11.6 Å². The fraction of sp³-hybridized carbons (Fsp3) is 0.375. The van der Waals surface area contributed by atoms with Crippen molar-refractivity contribution in [3.05, 3.63) is 64.7 Å². The molecule has 2 amide bonds. The van der Waals surface area contributed by atoms with E-state index in [0.717, 1.165) is 18.4 Å². The molecule has 7 heteroatoms. The summed E-state index contributed by atoms with van der Waals surface area (Å²) in [7, 11) is 0. The maximum Gasteiger partial charge on any atom is 0.308 e. The highest BCUT2D eigenvalue weighted by atomic mass is 35.5. The number of hydrogen-bond acceptors (Lipinski definition) is 4. The van der Waals surface area contributed by atoms with Crippen LogP contribution in [0.25, 0.3) is 0 Å². The van der Waals surface area contributed by atoms with E-state index in [2.05, 4.69) is 5.32 Å². The molecule has 1 aliphatic rings. The van der Waals surface area contributed by atoms with E-state index in [1.54, 1.807) is 24.3 Å². The maximum absolute atomic E-state index is 12.5. The van der Waals surface area contributed by atoms with Crippen LogP contribution in [0.3, 0.4) is 0 Å². The molecule has 1 fully saturated rings. The van der Waals surface area contributed by atoms with Gasteiger partial charge in [-0.3, -0.25) is 14.4 Å². The average Bonchev–Trinajstić information content (AvgIpc) is 2.76. The van der Waals surface area contributed by atoms with Crippen LogP contribution in [0.4, 0.5) is 0 Å². The number of benzene rings is 2. The third kappa shape index (κ3) is 7.10. The highest BCUT2D eigenvalue weighted by molar-refractivity contribution is 6.30. The van der Waals surface area contributed by atoms with Crippen LogP contribution in [0.1, 0.15) is 42.1 Å². The van der Waals surface area contributed by atoms with Crippen molar-refractivity contribution < 1.29 is 19.1 Å². The van der Waals surface area contributed by atoms with E-state index in [9.17, 15) is 14.4 Å². The molecule has 1 N–H and O–H groups in total. The number of rotatable bonds is 7. The van der Waals surface area contributed by atoms with Crippen molar-refractivity contribution in [2.45, 2.75) is 32.6 Å². The molecule has 0 saturated carbocycles. The number of nitrogens with zero attached hydrogens (tertiary/aromatic N) is 1. The molecule has 0 aromatic heterocycles. The van der Waals surface area contributed by atoms with Gasteiger partial charge >= 0.3 is 5.97 Å². The molecular formula is C24H27ClN2O4. The van der Waals surface area contributed by atoms with Gasteiger partial charge < -0.3 is 15.0 Å². The van der Waals surface area contributed by atoms with Gasteiger partial charge in [0.2, 0.25) is 5.91 Å². The molecular weight excluding hydrogens is 416 g/mol. The minimum atomic E-state index is -0.425. The largest absolute Gasteiger partial charge is 0.427 e. The number of hydrogen-bond donors (Lipinski definition) is 1. The molecule has 3 rings (SSSR count). The summed E-state index contributed by atoms with van der Waals surface area (Å²) in [6.45, 7) is 3.29. The molecule has 1 aliphatic heterocycles. The Labute approximate surface area is 187 Å². The molecule has 0 aliphatic carbocycles. The molecule has 0 bridgehead atoms. The average molecular weight is 443 g/mol. The Morgan fingerprint density at radius 1 is 1.10 bits per heavy atom. The van der Waals surface area contributed by atoms with Crippen LogP contribution in [0.15, 0.2) is 48.5 Å². The summed E-state index contributed by atoms with van der Waals surface area (Å²) >= 11 is 6.00. The van der Waals surface area contributed by atoms with Gasteiger partial charge in [0.05, 0.1) is 0 Å². The quantitative estimate of drug-likeness (QED) is 0.521. The van der Waals surface area contributed by atoms with Crippen molar-refractivity contribution >= 4 is 29.4 Å². The Morgan fingerprint density at radius 2 is 1.84 bits per heavy atom. The zero-order valence-corrected chi connectivity index (χ0v) is 18.4. The zero-order chi connectivity index (χ0) is 22.2. The summed E-state index contributed by atoms with van der Waals surface area (Å²) in [5.41, 5.74) is 1.52. The Morgan fingerprint density at radius 3 is 2.55 bits per heavy atom. The second-order valence-corrected chi connectivity index (χ2v) is 8.22. The summed E-state index contributed by atoms with van der Waals surface area (Å²) in [4.78, 5) is 37.9. The standard InChI is InChI=1S/C24H27ClN2O4/c1-17(28)31-22-7-3-5-20(15-22)24(30)26-16-19-10-12-27(13-11-19)23(29)9-8-18-4-2-6-21(25)14-18/h2-7,14-15,19H,8-13,16H2,1H3,(H,26,30). The Bertz CT molecular complexity index is 939. The van der Waals surface area contributed by atoms with Crippen molar-refractivity contribution in [3.8, 4) is 5.75 Å². The first-order valence-electron chi connectivity index (χ1n) is 10.5. The van der Waals surface area contributed by atoms with Crippen molar-refractivity contribution in [2.75, 3.05) is 19.6 Å². The second-order valence-electron chi connectivity index (χ2n) is 7.79. The summed E-state index contributed by atoms with van der Waals surface area (Å²) < 4.78 is 5.02. The Hall–Kier alpha value is -2.86. The van der Waals surface area contributed by atoms with E-state index in [-0.39, 0.29) is 11.8 Å². The van der Waals surface area contributed by atoms with Gasteiger partial charge in [0.1, 0.15) is 5.75 Å². The second kappa shape index (κ2) is 11.0. The monoisotopic (exact) mass is 442 g/mol. The van der Waals surface area contributed by atoms with Crippen LogP contribution in [-0.2, 0) is 16.0 Å². The lowest BCUT2D eigenvalue weighted by Crippen LogP contribution is -2.41. The minimum Gasteiger partial charge on any atom is -0.427 e. The lowest BCUT2D eigenvalue weighted by atomic mass is 9.96. The number of carbonyl (C=O) groups is 3. The van der Waals surface area contributed by atoms with Crippen LogP contribution in [0.5, 0.6) is 5.75 Å². The maximum atomic E-state index is 12.5. The molecule has 6 nitrogen and oxygen atoms in total. The van der Waals surface area contributed by atoms with Crippen LogP contribution in [0, 0.1) is 5.92 Å². The van der Waals surface area contributed by atoms with Crippen molar-refractivity contribution in [1.29, 1.82) is 0 Å². The smallest absolute Gasteiger partial charge is 0.308 e. The van der Waals surface area contributed by atoms with Gasteiger partial charge in [-0.1, -0.05) is 29.8 Å². The molecule has 0 radical (unpaired) electrons. The van der Waals surface area contributed by atoms with Gasteiger partial charge in [-0.2, -0.15) is 0 Å². The van der Waals surface area contributed by atoms with E-state index in [1.165, 1.54) is 6.92 Å². The van der Waals surface area contributed by atoms with Gasteiger partial charge in [-0.25, -0.2) is 0 Å². The van der Waals surface area contributed by atoms with Gasteiger partial charge in [-0.15, -0.1) is 0 Å². The van der Waals surface area contributed by atoms with Crippen molar-refractivity contribution in [3.63, 3.8) is 0 Å². The van der Waals surface area contributed by atoms with Crippen molar-refractivity contribution in [2.24, 2.45) is 5.92 Å². The number of nitrogens with one attached hydrogen (secondary N) is 1. The number of aryl methyl sites for hydroxylation is 1. The first-order chi connectivity index (χ1) is 14.9. The molecule has 0 atom stereocenters. The summed E-state index contributed by atoms with van der Waals surface area (Å²) in [5.74, 6) is 0.215. The molecule has 0 unspecified atom stereocenters. The number of amides is 2. The van der Waals surface area contributed by atoms with E-state index in [0.29, 0.717) is 54.7 Å². The first-order valence-corrected chi connectivity index (χ1v) is 10.9. The third-order valence-electron chi connectivity index (χ3n) is 5.39. The first kappa shape index (κ1) is 22.8. The number of likely N-dealkylation sites (tertiary alicyclic amines) is 1. The fourth-order valence-electron chi connectivity index (χ4n) is 3.69. The van der Waals surface area contributed by atoms with Gasteiger partial charge in [-0.05, 0) is 61.1 Å². The number of ether oxygens (including phenoxy) is 1. The Balaban J connectivity index is 1.40. The SMILES string of the molecule is CC(=O)Oc1cccc(C(=O)NCC2CCN(C(=O)CCc3cccc(Cl)c3)CC2)c1. The number of esters is 1. The van der Waals surface area contributed by atoms with Gasteiger partial charge in [0, 0.05) is 43.6 Å². The molecule has 31 heavy (non-hydrogen) atoms. The number of piperidine rings is 1. The van der Waals surface area contributed by atoms with E-state index < -0.39 is 5.97 Å². The molecule has 164 valence electrons. The van der Waals surface area contributed by atoms with Crippen LogP contribution in [0.2, 0.25) is 5.02 Å². The van der Waals surface area contributed by atoms with Gasteiger partial charge in [0.25, 0.3) is 5.91 Å². The summed E-state index contributed by atoms with van der Waals surface area (Å²) in [6.07, 6.45) is 2.87. The molecule has 1 saturated heterocycles. The molecule has 2 aromatic carbocycles. The van der Waals surface area contributed by atoms with Crippen LogP contribution < -0.4 is 10.1 Å². The number of carbonyl (C=O) groups excluding carboxylic acids is 3. The fourth-order valence-corrected chi connectivity index (χ4v) is 3.91. The van der Waals surface area contributed by atoms with E-state index in [4.69, 9.17) is 16.3 Å². The van der Waals surface area contributed by atoms with Crippen LogP contribution in [-0.4, -0.2) is 42.3 Å². The van der Waals surface area contributed by atoms with Gasteiger partial charge in [0.15, 0.2) is 0 Å². The normalized spacial score (nSPS) is 14.2. The summed E-state index contributed by atoms with van der Waals surface area (Å²) in [5, 5.41) is 3.64. The lowest BCUT2D eigenvalue weighted by molar-refractivity contribution is -0.133. The summed E-state index contributed by atoms with van der Waals surface area (Å²) in [6, 6.07) is 14.2. The van der Waals surface area contributed by atoms with E-state index >= 15 is 0 Å². The predicted molar refractivity (Wildman–Crippen MR) is 119 cm³/mol. The highest BCUT2D eigenvalue weighted by Crippen LogP contribution is 2.19. The molecule has 2 aromatic rings. The van der Waals surface area contributed by atoms with E-state index in [1.807, 2.05) is 29.2 Å². The molecule has 1 heterocycles. The van der Waals surface area contributed by atoms with Crippen molar-refractivity contribution in [1.82, 2.24) is 10.2 Å². The number of halogens is 1. The lowest BCUT2D eigenvalue weighted by Gasteiger charge is -2.32. The highest BCUT2D eigenvalue weighted by Gasteiger charge is 2.23. The topological polar surface area (TPSA) is 75.7 Å². The minimum absolute atomic E-state index is 0.157. The third-order valence-corrected chi connectivity index (χ3v) is 5.63. The Kier molecular flexibility index (Phi) is 8.06.